The molecule has 3 unspecified atom stereocenters. The zero-order valence-corrected chi connectivity index (χ0v) is 24.8. The summed E-state index contributed by atoms with van der Waals surface area (Å²) in [7, 11) is 0. The molecule has 43 heavy (non-hydrogen) atoms. The summed E-state index contributed by atoms with van der Waals surface area (Å²) in [6, 6.07) is 7.28. The highest BCUT2D eigenvalue weighted by molar-refractivity contribution is 6.58. The van der Waals surface area contributed by atoms with Gasteiger partial charge in [0, 0.05) is 47.6 Å². The lowest BCUT2D eigenvalue weighted by atomic mass is 9.86. The van der Waals surface area contributed by atoms with Crippen LogP contribution in [0, 0.1) is 37.5 Å². The van der Waals surface area contributed by atoms with E-state index in [1.165, 1.54) is 0 Å². The molecule has 4 aliphatic rings. The molecule has 0 N–H and O–H groups in total. The first-order chi connectivity index (χ1) is 20.5. The summed E-state index contributed by atoms with van der Waals surface area (Å²) in [5.41, 5.74) is 5.85. The van der Waals surface area contributed by atoms with Gasteiger partial charge in [0.25, 0.3) is 0 Å². The fourth-order valence-electron chi connectivity index (χ4n) is 7.49. The van der Waals surface area contributed by atoms with Gasteiger partial charge in [-0.1, -0.05) is 11.8 Å². The molecule has 6 nitrogen and oxygen atoms in total. The third-order valence-electron chi connectivity index (χ3n) is 9.24. The van der Waals surface area contributed by atoms with Crippen LogP contribution in [-0.4, -0.2) is 34.2 Å². The number of benzene rings is 1. The van der Waals surface area contributed by atoms with Gasteiger partial charge < -0.3 is 26.7 Å². The number of rotatable bonds is 4. The number of allylic oxidation sites excluding steroid dienone is 4. The molecule has 2 aliphatic carbocycles. The van der Waals surface area contributed by atoms with Crippen molar-refractivity contribution in [1.29, 1.82) is 0 Å². The summed E-state index contributed by atoms with van der Waals surface area (Å²) >= 11 is 0. The second kappa shape index (κ2) is 9.53. The van der Waals surface area contributed by atoms with E-state index < -0.39 is 12.6 Å². The molecule has 2 aromatic heterocycles. The highest BCUT2D eigenvalue weighted by atomic mass is 19.2. The number of hydrogen-bond acceptors (Lipinski definition) is 4. The minimum absolute atomic E-state index is 0.0123. The molecule has 0 amide bonds. The van der Waals surface area contributed by atoms with Crippen molar-refractivity contribution in [3.8, 4) is 11.8 Å². The van der Waals surface area contributed by atoms with Gasteiger partial charge in [0.05, 0.1) is 23.7 Å². The Kier molecular flexibility index (Phi) is 6.07. The van der Waals surface area contributed by atoms with Gasteiger partial charge in [0.2, 0.25) is 0 Å². The molecule has 1 fully saturated rings. The van der Waals surface area contributed by atoms with E-state index in [1.807, 2.05) is 26.8 Å². The van der Waals surface area contributed by atoms with E-state index in [0.717, 1.165) is 37.6 Å². The second-order valence-electron chi connectivity index (χ2n) is 12.0. The van der Waals surface area contributed by atoms with E-state index in [4.69, 9.17) is 9.15 Å². The van der Waals surface area contributed by atoms with Gasteiger partial charge in [-0.15, -0.1) is 0 Å². The lowest BCUT2D eigenvalue weighted by Crippen LogP contribution is -2.51. The highest BCUT2D eigenvalue weighted by Crippen LogP contribution is 2.58. The van der Waals surface area contributed by atoms with Gasteiger partial charge in [-0.2, -0.15) is 0 Å². The number of carbonyl (C=O) groups is 1. The van der Waals surface area contributed by atoms with Crippen LogP contribution in [0.15, 0.2) is 56.9 Å². The zero-order valence-electron chi connectivity index (χ0n) is 24.8. The van der Waals surface area contributed by atoms with Crippen LogP contribution in [-0.2, 0) is 9.53 Å². The van der Waals surface area contributed by atoms with E-state index in [9.17, 15) is 9.59 Å². The molecule has 9 heteroatoms. The molecule has 7 rings (SSSR count). The summed E-state index contributed by atoms with van der Waals surface area (Å²) in [6.07, 6.45) is 6.68. The maximum Gasteiger partial charge on any atom is 0.737 e. The minimum Gasteiger partial charge on any atom is -0.466 e. The number of aromatic nitrogens is 1. The molecule has 0 radical (unpaired) electrons. The predicted molar refractivity (Wildman–Crippen MR) is 163 cm³/mol. The van der Waals surface area contributed by atoms with Crippen LogP contribution in [0.1, 0.15) is 73.2 Å². The monoisotopic (exact) mass is 580 g/mol. The number of carbonyl (C=O) groups excluding carboxylic acids is 1. The first-order valence-electron chi connectivity index (χ1n) is 14.8. The molecule has 4 heterocycles. The standard InChI is InChI=1S/C34H31BF2N2O4/c1-6-42-34(41)30-25-10-8-7-9-22-17-28-24(16-27(22)29(25)30)15-23(33(40)43-28)11-12-26-31-18(2)13-20(4)38(31)35(36,37)39-21(5)14-19(3)32(26)39/h11-17,25,29-30H,6,8,10H2,1-5H3/b12-11+. The fourth-order valence-corrected chi connectivity index (χ4v) is 7.49. The van der Waals surface area contributed by atoms with Crippen LogP contribution < -0.4 is 5.63 Å². The minimum atomic E-state index is -4.08. The topological polar surface area (TPSA) is 64.4 Å². The third kappa shape index (κ3) is 4.03. The molecule has 0 bridgehead atoms. The Bertz CT molecular complexity index is 2030. The van der Waals surface area contributed by atoms with Gasteiger partial charge in [0.15, 0.2) is 5.70 Å². The SMILES string of the molecule is CCOC(=O)C1C2CCC#Cc3cc4oc(=O)c(/C=C/C5=C6C(C)=CC(C)=[N+]6[B-](F)(F)n6c(C)cc(C)c65)cc4cc3C21. The predicted octanol–water partition coefficient (Wildman–Crippen LogP) is 6.34. The van der Waals surface area contributed by atoms with Gasteiger partial charge in [-0.25, -0.2) is 4.79 Å². The Labute approximate surface area is 248 Å². The maximum atomic E-state index is 15.9. The third-order valence-corrected chi connectivity index (χ3v) is 9.24. The van der Waals surface area contributed by atoms with Crippen molar-refractivity contribution in [3.63, 3.8) is 0 Å². The van der Waals surface area contributed by atoms with Crippen LogP contribution in [0.3, 0.4) is 0 Å². The molecule has 2 aliphatic heterocycles. The summed E-state index contributed by atoms with van der Waals surface area (Å²) in [5, 5.41) is 0.711. The average molecular weight is 580 g/mol. The van der Waals surface area contributed by atoms with Crippen LogP contribution in [0.25, 0.3) is 22.6 Å². The molecular weight excluding hydrogens is 549 g/mol. The highest BCUT2D eigenvalue weighted by Gasteiger charge is 2.57. The molecule has 1 saturated carbocycles. The molecule has 218 valence electrons. The van der Waals surface area contributed by atoms with E-state index in [1.54, 1.807) is 50.3 Å². The van der Waals surface area contributed by atoms with E-state index in [-0.39, 0.29) is 23.7 Å². The van der Waals surface area contributed by atoms with Crippen molar-refractivity contribution in [1.82, 2.24) is 4.48 Å². The number of nitrogens with zero attached hydrogens (tertiary/aromatic N) is 2. The summed E-state index contributed by atoms with van der Waals surface area (Å²) in [4.78, 5) is 25.9. The first-order valence-corrected chi connectivity index (χ1v) is 14.8. The Morgan fingerprint density at radius 3 is 2.74 bits per heavy atom. The number of hydrogen-bond donors (Lipinski definition) is 0. The van der Waals surface area contributed by atoms with E-state index in [0.29, 0.717) is 57.9 Å². The number of esters is 1. The van der Waals surface area contributed by atoms with Crippen molar-refractivity contribution < 1.29 is 27.1 Å². The van der Waals surface area contributed by atoms with E-state index >= 15 is 8.63 Å². The average Bonchev–Trinajstić information content (AvgIpc) is 3.42. The second-order valence-corrected chi connectivity index (χ2v) is 12.0. The summed E-state index contributed by atoms with van der Waals surface area (Å²) < 4.78 is 45.2. The summed E-state index contributed by atoms with van der Waals surface area (Å²) in [5.74, 6) is 6.18. The van der Waals surface area contributed by atoms with Gasteiger partial charge in [0.1, 0.15) is 11.3 Å². The molecule has 3 atom stereocenters. The Morgan fingerprint density at radius 1 is 1.19 bits per heavy atom. The lowest BCUT2D eigenvalue weighted by molar-refractivity contribution is -0.363. The molecule has 0 saturated heterocycles. The van der Waals surface area contributed by atoms with Crippen molar-refractivity contribution >= 4 is 41.3 Å². The Balaban J connectivity index is 1.35. The molecule has 0 spiro atoms. The van der Waals surface area contributed by atoms with Crippen molar-refractivity contribution in [2.24, 2.45) is 11.8 Å². The smallest absolute Gasteiger partial charge is 0.466 e. The lowest BCUT2D eigenvalue weighted by Gasteiger charge is -2.33. The van der Waals surface area contributed by atoms with Crippen LogP contribution in [0.2, 0.25) is 0 Å². The van der Waals surface area contributed by atoms with Gasteiger partial charge in [-0.05, 0) is 93.3 Å². The largest absolute Gasteiger partial charge is 0.737 e. The van der Waals surface area contributed by atoms with Gasteiger partial charge in [-0.3, -0.25) is 4.79 Å². The molecule has 1 aromatic carbocycles. The van der Waals surface area contributed by atoms with Crippen molar-refractivity contribution in [2.75, 3.05) is 6.61 Å². The maximum absolute atomic E-state index is 15.9. The van der Waals surface area contributed by atoms with Crippen molar-refractivity contribution in [2.45, 2.75) is 53.4 Å². The first kappa shape index (κ1) is 27.4. The van der Waals surface area contributed by atoms with Crippen LogP contribution in [0.4, 0.5) is 8.63 Å². The van der Waals surface area contributed by atoms with E-state index in [2.05, 4.69) is 11.8 Å². The molecule has 3 aromatic rings. The van der Waals surface area contributed by atoms with Gasteiger partial charge >= 0.3 is 18.6 Å². The molecular formula is C34H31BF2N2O4. The Morgan fingerprint density at radius 2 is 1.98 bits per heavy atom. The number of halogens is 2. The summed E-state index contributed by atoms with van der Waals surface area (Å²) in [6.45, 7) is 5.10. The van der Waals surface area contributed by atoms with Crippen LogP contribution >= 0.6 is 0 Å². The fraction of sp³-hybridized carbons (Fsp3) is 0.324. The van der Waals surface area contributed by atoms with Crippen molar-refractivity contribution in [3.05, 3.63) is 91.7 Å². The Hall–Kier alpha value is -4.45. The number of ether oxygens (including phenoxy) is 1. The zero-order chi connectivity index (χ0) is 30.4. The normalized spacial score (nSPS) is 23.1. The van der Waals surface area contributed by atoms with Crippen LogP contribution in [0.5, 0.6) is 0 Å². The number of aryl methyl sites for hydroxylation is 2. The number of fused-ring (bicyclic) bond motifs is 6. The quantitative estimate of drug-likeness (QED) is 0.156.